The number of alkyl halides is 2. The van der Waals surface area contributed by atoms with Crippen LogP contribution >= 0.6 is 11.8 Å². The van der Waals surface area contributed by atoms with Crippen molar-refractivity contribution >= 4 is 17.6 Å². The van der Waals surface area contributed by atoms with Gasteiger partial charge in [0, 0.05) is 10.5 Å². The van der Waals surface area contributed by atoms with Crippen molar-refractivity contribution in [3.63, 3.8) is 0 Å². The molecule has 1 aromatic carbocycles. The first-order chi connectivity index (χ1) is 8.15. The summed E-state index contributed by atoms with van der Waals surface area (Å²) < 4.78 is 24.2. The summed E-state index contributed by atoms with van der Waals surface area (Å²) in [7, 11) is 0. The summed E-state index contributed by atoms with van der Waals surface area (Å²) in [6, 6.07) is 10.1. The van der Waals surface area contributed by atoms with Crippen molar-refractivity contribution in [2.45, 2.75) is 10.7 Å². The summed E-state index contributed by atoms with van der Waals surface area (Å²) in [5, 5.41) is 7.64. The van der Waals surface area contributed by atoms with Crippen LogP contribution in [0.5, 0.6) is 0 Å². The summed E-state index contributed by atoms with van der Waals surface area (Å²) in [6.07, 6.45) is 0. The highest BCUT2D eigenvalue weighted by Crippen LogP contribution is 2.27. The monoisotopic (exact) mass is 253 g/mol. The molecule has 1 aromatic heterocycles. The van der Waals surface area contributed by atoms with Crippen LogP contribution in [-0.4, -0.2) is 16.0 Å². The molecule has 0 spiro atoms. The van der Waals surface area contributed by atoms with Gasteiger partial charge in [-0.1, -0.05) is 23.9 Å². The van der Waals surface area contributed by atoms with Gasteiger partial charge < -0.3 is 5.73 Å². The maximum Gasteiger partial charge on any atom is 0.288 e. The number of rotatable bonds is 3. The Labute approximate surface area is 101 Å². The molecule has 17 heavy (non-hydrogen) atoms. The Morgan fingerprint density at radius 1 is 1.00 bits per heavy atom. The average molecular weight is 253 g/mol. The molecule has 0 saturated heterocycles. The Kier molecular flexibility index (Phi) is 3.53. The Bertz CT molecular complexity index is 485. The van der Waals surface area contributed by atoms with Gasteiger partial charge in [0.15, 0.2) is 0 Å². The minimum atomic E-state index is -2.41. The van der Waals surface area contributed by atoms with Crippen LogP contribution in [0, 0.1) is 0 Å². The second-order valence-electron chi connectivity index (χ2n) is 3.25. The molecule has 1 heterocycles. The number of thioether (sulfide) groups is 1. The van der Waals surface area contributed by atoms with E-state index < -0.39 is 5.76 Å². The van der Waals surface area contributed by atoms with E-state index >= 15 is 0 Å². The Morgan fingerprint density at radius 3 is 2.24 bits per heavy atom. The standard InChI is InChI=1S/C11H9F2N3S/c12-11(13)17-8-3-1-7(2-4-8)9-5-6-10(14)16-15-9/h1-6,11H,(H2,14,16). The number of halogens is 2. The number of nitrogen functional groups attached to an aromatic ring is 1. The molecule has 0 amide bonds. The van der Waals surface area contributed by atoms with Crippen LogP contribution in [0.25, 0.3) is 11.3 Å². The van der Waals surface area contributed by atoms with Crippen LogP contribution < -0.4 is 5.73 Å². The molecule has 88 valence electrons. The third-order valence-corrected chi connectivity index (χ3v) is 2.78. The maximum atomic E-state index is 12.1. The summed E-state index contributed by atoms with van der Waals surface area (Å²) in [5.41, 5.74) is 6.90. The van der Waals surface area contributed by atoms with Crippen molar-refractivity contribution in [2.75, 3.05) is 5.73 Å². The van der Waals surface area contributed by atoms with Crippen molar-refractivity contribution in [3.8, 4) is 11.3 Å². The molecule has 0 aliphatic carbocycles. The fraction of sp³-hybridized carbons (Fsp3) is 0.0909. The van der Waals surface area contributed by atoms with E-state index in [1.807, 2.05) is 0 Å². The van der Waals surface area contributed by atoms with Gasteiger partial charge in [0.2, 0.25) is 0 Å². The van der Waals surface area contributed by atoms with Crippen molar-refractivity contribution in [1.82, 2.24) is 10.2 Å². The highest BCUT2D eigenvalue weighted by molar-refractivity contribution is 7.99. The topological polar surface area (TPSA) is 51.8 Å². The normalized spacial score (nSPS) is 10.8. The zero-order valence-corrected chi connectivity index (χ0v) is 9.49. The van der Waals surface area contributed by atoms with E-state index in [0.717, 1.165) is 5.56 Å². The van der Waals surface area contributed by atoms with Crippen molar-refractivity contribution in [3.05, 3.63) is 36.4 Å². The fourth-order valence-electron chi connectivity index (χ4n) is 1.30. The van der Waals surface area contributed by atoms with E-state index in [0.29, 0.717) is 28.2 Å². The number of benzene rings is 1. The molecule has 3 nitrogen and oxygen atoms in total. The van der Waals surface area contributed by atoms with Crippen LogP contribution in [-0.2, 0) is 0 Å². The number of hydrogen-bond donors (Lipinski definition) is 1. The summed E-state index contributed by atoms with van der Waals surface area (Å²) in [6.45, 7) is 0. The molecule has 0 fully saturated rings. The number of nitrogens with two attached hydrogens (primary N) is 1. The smallest absolute Gasteiger partial charge is 0.288 e. The Balaban J connectivity index is 2.20. The molecule has 2 rings (SSSR count). The van der Waals surface area contributed by atoms with E-state index in [1.54, 1.807) is 36.4 Å². The minimum Gasteiger partial charge on any atom is -0.382 e. The quantitative estimate of drug-likeness (QED) is 0.854. The molecule has 6 heteroatoms. The number of anilines is 1. The maximum absolute atomic E-state index is 12.1. The molecule has 0 aliphatic rings. The van der Waals surface area contributed by atoms with E-state index in [1.165, 1.54) is 0 Å². The summed E-state index contributed by atoms with van der Waals surface area (Å²) in [5.74, 6) is -2.06. The van der Waals surface area contributed by atoms with Gasteiger partial charge in [-0.05, 0) is 24.3 Å². The zero-order chi connectivity index (χ0) is 12.3. The van der Waals surface area contributed by atoms with Crippen molar-refractivity contribution < 1.29 is 8.78 Å². The second kappa shape index (κ2) is 5.09. The first kappa shape index (κ1) is 11.8. The van der Waals surface area contributed by atoms with Crippen LogP contribution in [0.2, 0.25) is 0 Å². The largest absolute Gasteiger partial charge is 0.382 e. The van der Waals surface area contributed by atoms with Crippen LogP contribution in [0.4, 0.5) is 14.6 Å². The number of hydrogen-bond acceptors (Lipinski definition) is 4. The van der Waals surface area contributed by atoms with Gasteiger partial charge in [0.1, 0.15) is 5.82 Å². The fourth-order valence-corrected chi connectivity index (χ4v) is 1.80. The van der Waals surface area contributed by atoms with Crippen molar-refractivity contribution in [1.29, 1.82) is 0 Å². The molecule has 0 saturated carbocycles. The SMILES string of the molecule is Nc1ccc(-c2ccc(SC(F)F)cc2)nn1. The predicted molar refractivity (Wildman–Crippen MR) is 63.7 cm³/mol. The Morgan fingerprint density at radius 2 is 1.71 bits per heavy atom. The third kappa shape index (κ3) is 3.13. The lowest BCUT2D eigenvalue weighted by atomic mass is 10.1. The highest BCUT2D eigenvalue weighted by atomic mass is 32.2. The van der Waals surface area contributed by atoms with Gasteiger partial charge in [0.25, 0.3) is 5.76 Å². The summed E-state index contributed by atoms with van der Waals surface area (Å²) in [4.78, 5) is 0.521. The molecule has 0 atom stereocenters. The van der Waals surface area contributed by atoms with E-state index in [4.69, 9.17) is 5.73 Å². The summed E-state index contributed by atoms with van der Waals surface area (Å²) >= 11 is 0.515. The first-order valence-electron chi connectivity index (χ1n) is 4.79. The molecule has 0 aliphatic heterocycles. The van der Waals surface area contributed by atoms with Crippen molar-refractivity contribution in [2.24, 2.45) is 0 Å². The lowest BCUT2D eigenvalue weighted by molar-refractivity contribution is 0.252. The molecule has 0 unspecified atom stereocenters. The lowest BCUT2D eigenvalue weighted by Crippen LogP contribution is -1.93. The highest BCUT2D eigenvalue weighted by Gasteiger charge is 2.05. The van der Waals surface area contributed by atoms with Crippen LogP contribution in [0.3, 0.4) is 0 Å². The van der Waals surface area contributed by atoms with E-state index in [9.17, 15) is 8.78 Å². The second-order valence-corrected chi connectivity index (χ2v) is 4.31. The average Bonchev–Trinajstić information content (AvgIpc) is 2.30. The van der Waals surface area contributed by atoms with Gasteiger partial charge in [-0.2, -0.15) is 8.78 Å². The molecule has 2 N–H and O–H groups in total. The van der Waals surface area contributed by atoms with Gasteiger partial charge in [0.05, 0.1) is 5.69 Å². The van der Waals surface area contributed by atoms with Gasteiger partial charge in [-0.25, -0.2) is 0 Å². The third-order valence-electron chi connectivity index (χ3n) is 2.06. The zero-order valence-electron chi connectivity index (χ0n) is 8.68. The molecular formula is C11H9F2N3S. The van der Waals surface area contributed by atoms with Gasteiger partial charge in [-0.3, -0.25) is 0 Å². The number of aromatic nitrogens is 2. The van der Waals surface area contributed by atoms with E-state index in [-0.39, 0.29) is 0 Å². The predicted octanol–water partition coefficient (Wildman–Crippen LogP) is 3.04. The van der Waals surface area contributed by atoms with Crippen LogP contribution in [0.1, 0.15) is 0 Å². The molecule has 2 aromatic rings. The molecular weight excluding hydrogens is 244 g/mol. The van der Waals surface area contributed by atoms with Gasteiger partial charge >= 0.3 is 0 Å². The van der Waals surface area contributed by atoms with Crippen LogP contribution in [0.15, 0.2) is 41.3 Å². The molecule has 0 radical (unpaired) electrons. The Hall–Kier alpha value is -1.69. The lowest BCUT2D eigenvalue weighted by Gasteiger charge is -2.02. The minimum absolute atomic E-state index is 0.346. The first-order valence-corrected chi connectivity index (χ1v) is 5.67. The van der Waals surface area contributed by atoms with E-state index in [2.05, 4.69) is 10.2 Å². The number of nitrogens with zero attached hydrogens (tertiary/aromatic N) is 2. The van der Waals surface area contributed by atoms with Gasteiger partial charge in [-0.15, -0.1) is 10.2 Å². The molecule has 0 bridgehead atoms.